The summed E-state index contributed by atoms with van der Waals surface area (Å²) in [7, 11) is 3.43. The summed E-state index contributed by atoms with van der Waals surface area (Å²) in [6.45, 7) is 11.0. The number of rotatable bonds is 15. The van der Waals surface area contributed by atoms with E-state index in [9.17, 15) is 24.0 Å². The van der Waals surface area contributed by atoms with E-state index >= 15 is 4.39 Å². The lowest BCUT2D eigenvalue weighted by Gasteiger charge is -2.40. The van der Waals surface area contributed by atoms with Crippen molar-refractivity contribution in [2.45, 2.75) is 96.9 Å². The van der Waals surface area contributed by atoms with Crippen LogP contribution in [-0.4, -0.2) is 119 Å². The van der Waals surface area contributed by atoms with Gasteiger partial charge in [-0.15, -0.1) is 0 Å². The number of amides is 5. The minimum atomic E-state index is -1.08. The van der Waals surface area contributed by atoms with Crippen LogP contribution in [0.2, 0.25) is 0 Å². The van der Waals surface area contributed by atoms with E-state index in [1.165, 1.54) is 19.2 Å². The van der Waals surface area contributed by atoms with Crippen LogP contribution in [-0.2, 0) is 25.7 Å². The molecular weight excluding hydrogens is 683 g/mol. The van der Waals surface area contributed by atoms with Crippen molar-refractivity contribution in [3.8, 4) is 0 Å². The first-order valence-electron chi connectivity index (χ1n) is 18.9. The van der Waals surface area contributed by atoms with Gasteiger partial charge in [0.25, 0.3) is 5.91 Å². The molecule has 0 bridgehead atoms. The van der Waals surface area contributed by atoms with Crippen molar-refractivity contribution in [3.05, 3.63) is 47.5 Å². The summed E-state index contributed by atoms with van der Waals surface area (Å²) < 4.78 is 22.6. The van der Waals surface area contributed by atoms with Gasteiger partial charge in [0.05, 0.1) is 12.3 Å². The van der Waals surface area contributed by atoms with Crippen LogP contribution in [0.15, 0.2) is 30.5 Å². The highest BCUT2D eigenvalue weighted by Crippen LogP contribution is 2.51. The number of carbonyl (C=O) groups is 5. The molecule has 290 valence electrons. The first-order chi connectivity index (χ1) is 25.2. The number of benzene rings is 1. The molecule has 0 radical (unpaired) electrons. The van der Waals surface area contributed by atoms with E-state index in [-0.39, 0.29) is 30.2 Å². The number of piperazine rings is 1. The lowest BCUT2D eigenvalue weighted by molar-refractivity contribution is -0.140. The molecule has 0 unspecified atom stereocenters. The normalized spacial score (nSPS) is 19.9. The summed E-state index contributed by atoms with van der Waals surface area (Å²) in [6, 6.07) is 3.15. The fraction of sp³-hybridized carbons (Fsp3) is 0.632. The highest BCUT2D eigenvalue weighted by atomic mass is 19.1. The van der Waals surface area contributed by atoms with Crippen molar-refractivity contribution in [2.24, 2.45) is 17.8 Å². The van der Waals surface area contributed by atoms with Gasteiger partial charge in [0.1, 0.15) is 29.6 Å². The number of nitrogens with one attached hydrogen (secondary N) is 3. The van der Waals surface area contributed by atoms with Crippen molar-refractivity contribution >= 4 is 35.4 Å². The average molecular weight is 739 g/mol. The van der Waals surface area contributed by atoms with E-state index in [0.29, 0.717) is 49.3 Å². The van der Waals surface area contributed by atoms with Gasteiger partial charge < -0.3 is 30.5 Å². The Bertz CT molecular complexity index is 1650. The fourth-order valence-electron chi connectivity index (χ4n) is 7.22. The van der Waals surface area contributed by atoms with E-state index in [1.54, 1.807) is 48.7 Å². The molecule has 3 aliphatic rings. The fourth-order valence-corrected chi connectivity index (χ4v) is 7.22. The first kappa shape index (κ1) is 39.7. The molecule has 5 amide bonds. The van der Waals surface area contributed by atoms with Crippen LogP contribution in [0, 0.1) is 23.6 Å². The number of hydrogen-bond donors (Lipinski definition) is 3. The molecule has 14 nitrogen and oxygen atoms in total. The number of hydrogen-bond acceptors (Lipinski definition) is 8. The Morgan fingerprint density at radius 1 is 0.981 bits per heavy atom. The molecule has 3 fully saturated rings. The number of aryl methyl sites for hydroxylation is 1. The number of ether oxygens (including phenoxy) is 1. The standard InChI is InChI=1S/C38H55FN8O6/c1-8-47-30(16-17-40-47)35(49)43-33(31(25-10-11-25)26-12-13-26)36(50)41-29-15-14-27(20-28(29)39)23(4)32(37(51)46-19-18-44(6)22(3)21-46)42-34(48)24(5)45(7)38(52)53-9-2/h14-17,20,22-26,31-33H,8-13,18-19,21H2,1-7H3,(H,41,50)(H,42,48)(H,43,49)/t22-,23+,24+,32-,33+/m1/s1. The molecule has 5 atom stereocenters. The van der Waals surface area contributed by atoms with Gasteiger partial charge in [-0.2, -0.15) is 5.10 Å². The van der Waals surface area contributed by atoms with Crippen LogP contribution in [0.3, 0.4) is 0 Å². The number of nitrogens with zero attached hydrogens (tertiary/aromatic N) is 5. The second kappa shape index (κ2) is 17.1. The Kier molecular flexibility index (Phi) is 12.8. The highest BCUT2D eigenvalue weighted by molar-refractivity contribution is 6.01. The molecule has 15 heteroatoms. The molecule has 3 N–H and O–H groups in total. The molecule has 0 spiro atoms. The van der Waals surface area contributed by atoms with E-state index in [2.05, 4.69) is 25.9 Å². The maximum atomic E-state index is 16.0. The summed E-state index contributed by atoms with van der Waals surface area (Å²) >= 11 is 0. The Morgan fingerprint density at radius 3 is 2.25 bits per heavy atom. The van der Waals surface area contributed by atoms with E-state index in [0.717, 1.165) is 30.6 Å². The highest BCUT2D eigenvalue weighted by Gasteiger charge is 2.48. The zero-order valence-electron chi connectivity index (χ0n) is 31.9. The van der Waals surface area contributed by atoms with Crippen LogP contribution in [0.25, 0.3) is 0 Å². The Hall–Kier alpha value is -4.53. The third kappa shape index (κ3) is 9.35. The molecule has 1 aliphatic heterocycles. The van der Waals surface area contributed by atoms with Gasteiger partial charge in [-0.3, -0.25) is 28.8 Å². The third-order valence-electron chi connectivity index (χ3n) is 11.2. The lowest BCUT2D eigenvalue weighted by atomic mass is 9.88. The number of halogens is 1. The summed E-state index contributed by atoms with van der Waals surface area (Å²) in [4.78, 5) is 72.3. The SMILES string of the molecule is CCOC(=O)N(C)[C@@H](C)C(=O)N[C@@H](C(=O)N1CCN(C)[C@H](C)C1)[C@@H](C)c1ccc(NC(=O)[C@@H](NC(=O)c2ccnn2CC)C(C2CC2)C2CC2)c(F)c1. The molecular formula is C38H55FN8O6. The summed E-state index contributed by atoms with van der Waals surface area (Å²) in [5.74, 6) is -2.61. The second-order valence-corrected chi connectivity index (χ2v) is 14.8. The average Bonchev–Trinajstić information content (AvgIpc) is 4.09. The summed E-state index contributed by atoms with van der Waals surface area (Å²) in [5, 5.41) is 12.7. The van der Waals surface area contributed by atoms with Crippen molar-refractivity contribution in [3.63, 3.8) is 0 Å². The number of likely N-dealkylation sites (N-methyl/N-ethyl adjacent to an activating group) is 2. The Balaban J connectivity index is 1.36. The van der Waals surface area contributed by atoms with E-state index in [1.807, 2.05) is 20.9 Å². The van der Waals surface area contributed by atoms with E-state index < -0.39 is 53.7 Å². The van der Waals surface area contributed by atoms with Crippen molar-refractivity contribution in [1.82, 2.24) is 35.1 Å². The van der Waals surface area contributed by atoms with Crippen molar-refractivity contribution < 1.29 is 33.1 Å². The molecule has 2 saturated carbocycles. The van der Waals surface area contributed by atoms with Crippen LogP contribution in [0.5, 0.6) is 0 Å². The van der Waals surface area contributed by atoms with Crippen LogP contribution >= 0.6 is 0 Å². The quantitative estimate of drug-likeness (QED) is 0.251. The van der Waals surface area contributed by atoms with Gasteiger partial charge in [0, 0.05) is 51.4 Å². The number of carbonyl (C=O) groups excluding carboxylic acids is 5. The van der Waals surface area contributed by atoms with Gasteiger partial charge in [-0.25, -0.2) is 9.18 Å². The zero-order valence-corrected chi connectivity index (χ0v) is 31.9. The first-order valence-corrected chi connectivity index (χ1v) is 18.9. The monoisotopic (exact) mass is 738 g/mol. The zero-order chi connectivity index (χ0) is 38.6. The van der Waals surface area contributed by atoms with Crippen LogP contribution in [0.1, 0.15) is 82.3 Å². The molecule has 1 aromatic carbocycles. The van der Waals surface area contributed by atoms with Gasteiger partial charge >= 0.3 is 6.09 Å². The molecule has 1 aromatic heterocycles. The number of aromatic nitrogens is 2. The predicted octanol–water partition coefficient (Wildman–Crippen LogP) is 3.44. The minimum absolute atomic E-state index is 0.0568. The molecule has 2 heterocycles. The van der Waals surface area contributed by atoms with Crippen molar-refractivity contribution in [1.29, 1.82) is 0 Å². The lowest BCUT2D eigenvalue weighted by Crippen LogP contribution is -2.59. The maximum Gasteiger partial charge on any atom is 0.410 e. The van der Waals surface area contributed by atoms with Gasteiger partial charge in [0.2, 0.25) is 17.7 Å². The largest absolute Gasteiger partial charge is 0.450 e. The van der Waals surface area contributed by atoms with Crippen molar-refractivity contribution in [2.75, 3.05) is 45.7 Å². The molecule has 53 heavy (non-hydrogen) atoms. The molecule has 1 saturated heterocycles. The van der Waals surface area contributed by atoms with Crippen LogP contribution < -0.4 is 16.0 Å². The second-order valence-electron chi connectivity index (χ2n) is 14.8. The smallest absolute Gasteiger partial charge is 0.410 e. The molecule has 2 aromatic rings. The summed E-state index contributed by atoms with van der Waals surface area (Å²) in [5.41, 5.74) is 0.724. The Labute approximate surface area is 311 Å². The van der Waals surface area contributed by atoms with Crippen LogP contribution in [0.4, 0.5) is 14.9 Å². The van der Waals surface area contributed by atoms with Gasteiger partial charge in [-0.1, -0.05) is 13.0 Å². The maximum absolute atomic E-state index is 16.0. The van der Waals surface area contributed by atoms with E-state index in [4.69, 9.17) is 4.74 Å². The topological polar surface area (TPSA) is 158 Å². The third-order valence-corrected chi connectivity index (χ3v) is 11.2. The predicted molar refractivity (Wildman–Crippen MR) is 196 cm³/mol. The molecule has 5 rings (SSSR count). The number of anilines is 1. The van der Waals surface area contributed by atoms with Gasteiger partial charge in [-0.05, 0) is 102 Å². The minimum Gasteiger partial charge on any atom is -0.450 e. The summed E-state index contributed by atoms with van der Waals surface area (Å²) in [6.07, 6.45) is 4.80. The molecule has 2 aliphatic carbocycles. The van der Waals surface area contributed by atoms with Gasteiger partial charge in [0.15, 0.2) is 0 Å². The Morgan fingerprint density at radius 2 is 1.66 bits per heavy atom.